The summed E-state index contributed by atoms with van der Waals surface area (Å²) in [5, 5.41) is 0. The highest BCUT2D eigenvalue weighted by molar-refractivity contribution is 5.45. The van der Waals surface area contributed by atoms with Crippen molar-refractivity contribution in [3.05, 3.63) is 57.5 Å². The van der Waals surface area contributed by atoms with Crippen LogP contribution in [0.2, 0.25) is 0 Å². The van der Waals surface area contributed by atoms with Gasteiger partial charge in [0.1, 0.15) is 11.5 Å². The van der Waals surface area contributed by atoms with E-state index in [9.17, 15) is 4.79 Å². The molecule has 0 amide bonds. The molecular formula is C16H20N2O3. The van der Waals surface area contributed by atoms with Gasteiger partial charge in [-0.15, -0.1) is 0 Å². The zero-order valence-electron chi connectivity index (χ0n) is 12.7. The molecule has 5 nitrogen and oxygen atoms in total. The molecule has 21 heavy (non-hydrogen) atoms. The Balaban J connectivity index is 2.52. The molecule has 0 saturated heterocycles. The molecule has 0 radical (unpaired) electrons. The molecule has 2 rings (SSSR count). The Morgan fingerprint density at radius 1 is 1.10 bits per heavy atom. The van der Waals surface area contributed by atoms with Gasteiger partial charge in [0, 0.05) is 29.9 Å². The molecule has 2 N–H and O–H groups in total. The van der Waals surface area contributed by atoms with Gasteiger partial charge in [0.25, 0.3) is 5.56 Å². The number of hydrogen-bond acceptors (Lipinski definition) is 4. The van der Waals surface area contributed by atoms with Crippen molar-refractivity contribution in [1.29, 1.82) is 0 Å². The predicted molar refractivity (Wildman–Crippen MR) is 82.0 cm³/mol. The third-order valence-electron chi connectivity index (χ3n) is 3.70. The van der Waals surface area contributed by atoms with Crippen molar-refractivity contribution < 1.29 is 9.47 Å². The van der Waals surface area contributed by atoms with E-state index in [2.05, 4.69) is 0 Å². The maximum atomic E-state index is 12.3. The lowest BCUT2D eigenvalue weighted by atomic mass is 9.99. The second kappa shape index (κ2) is 6.01. The quantitative estimate of drug-likeness (QED) is 0.931. The summed E-state index contributed by atoms with van der Waals surface area (Å²) in [7, 11) is 4.89. The summed E-state index contributed by atoms with van der Waals surface area (Å²) in [6.45, 7) is 1.88. The van der Waals surface area contributed by atoms with Gasteiger partial charge in [0.15, 0.2) is 0 Å². The summed E-state index contributed by atoms with van der Waals surface area (Å²) in [5.41, 5.74) is 8.34. The minimum Gasteiger partial charge on any atom is -0.497 e. The monoisotopic (exact) mass is 288 g/mol. The van der Waals surface area contributed by atoms with Gasteiger partial charge in [-0.3, -0.25) is 4.79 Å². The molecule has 1 aromatic heterocycles. The number of benzene rings is 1. The van der Waals surface area contributed by atoms with Crippen LogP contribution in [0.3, 0.4) is 0 Å². The fourth-order valence-electron chi connectivity index (χ4n) is 2.23. The van der Waals surface area contributed by atoms with Crippen molar-refractivity contribution >= 4 is 0 Å². The standard InChI is InChI=1S/C16H20N2O3/c1-10-5-7-13(16(19)18(10)2)15(17)12-8-6-11(20-3)9-14(12)21-4/h5-9,15H,17H2,1-4H3. The molecule has 1 heterocycles. The van der Waals surface area contributed by atoms with Crippen molar-refractivity contribution in [1.82, 2.24) is 4.57 Å². The molecule has 0 spiro atoms. The molecule has 1 aromatic carbocycles. The van der Waals surface area contributed by atoms with Crippen LogP contribution in [0.15, 0.2) is 35.1 Å². The van der Waals surface area contributed by atoms with E-state index in [1.807, 2.05) is 19.1 Å². The van der Waals surface area contributed by atoms with Gasteiger partial charge in [-0.25, -0.2) is 0 Å². The number of pyridine rings is 1. The second-order valence-corrected chi connectivity index (χ2v) is 4.88. The summed E-state index contributed by atoms with van der Waals surface area (Å²) in [4.78, 5) is 12.3. The third-order valence-corrected chi connectivity index (χ3v) is 3.70. The van der Waals surface area contributed by atoms with Crippen molar-refractivity contribution in [3.63, 3.8) is 0 Å². The van der Waals surface area contributed by atoms with E-state index in [0.717, 1.165) is 11.3 Å². The molecule has 1 unspecified atom stereocenters. The van der Waals surface area contributed by atoms with E-state index >= 15 is 0 Å². The van der Waals surface area contributed by atoms with E-state index in [4.69, 9.17) is 15.2 Å². The fraction of sp³-hybridized carbons (Fsp3) is 0.312. The average Bonchev–Trinajstić information content (AvgIpc) is 2.51. The predicted octanol–water partition coefficient (Wildman–Crippen LogP) is 1.76. The number of aryl methyl sites for hydroxylation is 1. The Hall–Kier alpha value is -2.27. The van der Waals surface area contributed by atoms with Crippen LogP contribution in [-0.2, 0) is 7.05 Å². The molecule has 5 heteroatoms. The van der Waals surface area contributed by atoms with Gasteiger partial charge in [-0.1, -0.05) is 0 Å². The molecule has 0 aliphatic heterocycles. The molecule has 1 atom stereocenters. The maximum absolute atomic E-state index is 12.3. The maximum Gasteiger partial charge on any atom is 0.255 e. The molecule has 0 fully saturated rings. The number of nitrogens with two attached hydrogens (primary N) is 1. The first-order valence-electron chi connectivity index (χ1n) is 6.63. The smallest absolute Gasteiger partial charge is 0.255 e. The van der Waals surface area contributed by atoms with E-state index < -0.39 is 6.04 Å². The Labute approximate surface area is 123 Å². The van der Waals surface area contributed by atoms with Crippen LogP contribution in [0.5, 0.6) is 11.5 Å². The van der Waals surface area contributed by atoms with Crippen molar-refractivity contribution in [2.75, 3.05) is 14.2 Å². The minimum atomic E-state index is -0.551. The number of nitrogens with zero attached hydrogens (tertiary/aromatic N) is 1. The Morgan fingerprint density at radius 3 is 2.38 bits per heavy atom. The number of hydrogen-bond donors (Lipinski definition) is 1. The van der Waals surface area contributed by atoms with Gasteiger partial charge in [-0.05, 0) is 31.2 Å². The van der Waals surface area contributed by atoms with Crippen LogP contribution in [0.4, 0.5) is 0 Å². The van der Waals surface area contributed by atoms with Gasteiger partial charge >= 0.3 is 0 Å². The third kappa shape index (κ3) is 2.78. The SMILES string of the molecule is COc1ccc(C(N)c2ccc(C)n(C)c2=O)c(OC)c1. The van der Waals surface area contributed by atoms with E-state index in [1.165, 1.54) is 0 Å². The zero-order valence-corrected chi connectivity index (χ0v) is 12.7. The molecule has 112 valence electrons. The normalized spacial score (nSPS) is 12.0. The van der Waals surface area contributed by atoms with Crippen molar-refractivity contribution in [2.45, 2.75) is 13.0 Å². The van der Waals surface area contributed by atoms with Gasteiger partial charge in [0.2, 0.25) is 0 Å². The zero-order chi connectivity index (χ0) is 15.6. The number of methoxy groups -OCH3 is 2. The highest BCUT2D eigenvalue weighted by atomic mass is 16.5. The highest BCUT2D eigenvalue weighted by Gasteiger charge is 2.18. The summed E-state index contributed by atoms with van der Waals surface area (Å²) in [5.74, 6) is 1.28. The first-order chi connectivity index (χ1) is 9.99. The molecule has 0 aliphatic carbocycles. The molecule has 0 saturated carbocycles. The molecular weight excluding hydrogens is 268 g/mol. The first kappa shape index (κ1) is 15.1. The van der Waals surface area contributed by atoms with Crippen LogP contribution in [-0.4, -0.2) is 18.8 Å². The highest BCUT2D eigenvalue weighted by Crippen LogP contribution is 2.30. The second-order valence-electron chi connectivity index (χ2n) is 4.88. The van der Waals surface area contributed by atoms with Gasteiger partial charge < -0.3 is 19.8 Å². The van der Waals surface area contributed by atoms with Gasteiger partial charge in [-0.2, -0.15) is 0 Å². The number of aromatic nitrogens is 1. The van der Waals surface area contributed by atoms with Gasteiger partial charge in [0.05, 0.1) is 20.3 Å². The lowest BCUT2D eigenvalue weighted by molar-refractivity contribution is 0.390. The van der Waals surface area contributed by atoms with Crippen molar-refractivity contribution in [2.24, 2.45) is 12.8 Å². The van der Waals surface area contributed by atoms with E-state index in [1.54, 1.807) is 44.0 Å². The van der Waals surface area contributed by atoms with E-state index in [0.29, 0.717) is 17.1 Å². The number of ether oxygens (including phenoxy) is 2. The Bertz CT molecular complexity index is 707. The average molecular weight is 288 g/mol. The van der Waals surface area contributed by atoms with Crippen LogP contribution >= 0.6 is 0 Å². The summed E-state index contributed by atoms with van der Waals surface area (Å²) in [6, 6.07) is 8.48. The van der Waals surface area contributed by atoms with Crippen molar-refractivity contribution in [3.8, 4) is 11.5 Å². The fourth-order valence-corrected chi connectivity index (χ4v) is 2.23. The molecule has 2 aromatic rings. The summed E-state index contributed by atoms with van der Waals surface area (Å²) >= 11 is 0. The summed E-state index contributed by atoms with van der Waals surface area (Å²) in [6.07, 6.45) is 0. The lowest BCUT2D eigenvalue weighted by Crippen LogP contribution is -2.28. The molecule has 0 bridgehead atoms. The minimum absolute atomic E-state index is 0.0969. The van der Waals surface area contributed by atoms with Crippen LogP contribution < -0.4 is 20.8 Å². The number of rotatable bonds is 4. The van der Waals surface area contributed by atoms with Crippen LogP contribution in [0.25, 0.3) is 0 Å². The largest absolute Gasteiger partial charge is 0.497 e. The lowest BCUT2D eigenvalue weighted by Gasteiger charge is -2.17. The molecule has 0 aliphatic rings. The van der Waals surface area contributed by atoms with Crippen LogP contribution in [0.1, 0.15) is 22.9 Å². The summed E-state index contributed by atoms with van der Waals surface area (Å²) < 4.78 is 12.1. The first-order valence-corrected chi connectivity index (χ1v) is 6.63. The van der Waals surface area contributed by atoms with Crippen LogP contribution in [0, 0.1) is 6.92 Å². The van der Waals surface area contributed by atoms with E-state index in [-0.39, 0.29) is 5.56 Å². The Morgan fingerprint density at radius 2 is 1.76 bits per heavy atom. The Kier molecular flexibility index (Phi) is 4.33. The topological polar surface area (TPSA) is 66.5 Å².